The van der Waals surface area contributed by atoms with Gasteiger partial charge in [-0.2, -0.15) is 5.26 Å². The van der Waals surface area contributed by atoms with Crippen LogP contribution in [0.5, 0.6) is 11.5 Å². The van der Waals surface area contributed by atoms with Crippen molar-refractivity contribution in [1.82, 2.24) is 0 Å². The van der Waals surface area contributed by atoms with Crippen LogP contribution in [0.15, 0.2) is 42.5 Å². The minimum atomic E-state index is -0.617. The van der Waals surface area contributed by atoms with Gasteiger partial charge in [-0.1, -0.05) is 0 Å². The number of nitro groups is 1. The van der Waals surface area contributed by atoms with Crippen LogP contribution in [-0.4, -0.2) is 4.92 Å². The Hall–Kier alpha value is -3.07. The molecule has 2 rings (SSSR count). The highest BCUT2D eigenvalue weighted by Crippen LogP contribution is 2.28. The monoisotopic (exact) mass is 255 g/mol. The molecule has 0 bridgehead atoms. The van der Waals surface area contributed by atoms with Gasteiger partial charge in [-0.25, -0.2) is 0 Å². The van der Waals surface area contributed by atoms with E-state index in [1.165, 1.54) is 18.2 Å². The molecule has 6 heteroatoms. The Morgan fingerprint density at radius 2 is 1.79 bits per heavy atom. The predicted octanol–water partition coefficient (Wildman–Crippen LogP) is 2.84. The number of nitrogens with zero attached hydrogens (tertiary/aromatic N) is 2. The average molecular weight is 255 g/mol. The van der Waals surface area contributed by atoms with Crippen molar-refractivity contribution < 1.29 is 9.66 Å². The molecule has 0 unspecified atom stereocenters. The van der Waals surface area contributed by atoms with Gasteiger partial charge in [0, 0.05) is 5.69 Å². The van der Waals surface area contributed by atoms with Crippen molar-refractivity contribution in [2.45, 2.75) is 0 Å². The second kappa shape index (κ2) is 5.06. The van der Waals surface area contributed by atoms with Gasteiger partial charge in [-0.3, -0.25) is 10.1 Å². The summed E-state index contributed by atoms with van der Waals surface area (Å²) in [5.74, 6) is 0.795. The van der Waals surface area contributed by atoms with E-state index in [1.54, 1.807) is 30.3 Å². The van der Waals surface area contributed by atoms with Crippen LogP contribution in [0.25, 0.3) is 0 Å². The second-order valence-corrected chi connectivity index (χ2v) is 3.72. The topological polar surface area (TPSA) is 102 Å². The van der Waals surface area contributed by atoms with Crippen molar-refractivity contribution >= 4 is 11.4 Å². The lowest BCUT2D eigenvalue weighted by Gasteiger charge is -2.06. The number of benzene rings is 2. The number of nitro benzene ring substituents is 1. The van der Waals surface area contributed by atoms with Gasteiger partial charge in [0.15, 0.2) is 0 Å². The number of anilines is 1. The third-order valence-electron chi connectivity index (χ3n) is 2.40. The fourth-order valence-corrected chi connectivity index (χ4v) is 1.49. The van der Waals surface area contributed by atoms with E-state index in [0.717, 1.165) is 0 Å². The van der Waals surface area contributed by atoms with Crippen molar-refractivity contribution in [1.29, 1.82) is 5.26 Å². The first-order valence-electron chi connectivity index (χ1n) is 5.32. The highest BCUT2D eigenvalue weighted by Gasteiger charge is 2.15. The van der Waals surface area contributed by atoms with Gasteiger partial charge in [-0.15, -0.1) is 0 Å². The summed E-state index contributed by atoms with van der Waals surface area (Å²) in [6.07, 6.45) is 0. The summed E-state index contributed by atoms with van der Waals surface area (Å²) in [4.78, 5) is 10.2. The molecular formula is C13H9N3O3. The first-order chi connectivity index (χ1) is 9.10. The Bertz CT molecular complexity index is 660. The number of hydrogen-bond donors (Lipinski definition) is 1. The highest BCUT2D eigenvalue weighted by atomic mass is 16.6. The lowest BCUT2D eigenvalue weighted by Crippen LogP contribution is -1.93. The van der Waals surface area contributed by atoms with Gasteiger partial charge in [0.05, 0.1) is 11.0 Å². The maximum atomic E-state index is 10.8. The summed E-state index contributed by atoms with van der Waals surface area (Å²) in [5.41, 5.74) is 5.85. The van der Waals surface area contributed by atoms with Crippen molar-refractivity contribution in [3.8, 4) is 17.6 Å². The second-order valence-electron chi connectivity index (χ2n) is 3.72. The maximum Gasteiger partial charge on any atom is 0.290 e. The average Bonchev–Trinajstić information content (AvgIpc) is 2.41. The van der Waals surface area contributed by atoms with Crippen LogP contribution >= 0.6 is 0 Å². The molecule has 0 amide bonds. The van der Waals surface area contributed by atoms with E-state index >= 15 is 0 Å². The molecule has 2 aromatic rings. The molecule has 94 valence electrons. The summed E-state index contributed by atoms with van der Waals surface area (Å²) < 4.78 is 5.45. The van der Waals surface area contributed by atoms with Crippen molar-refractivity contribution in [3.05, 3.63) is 58.1 Å². The zero-order valence-corrected chi connectivity index (χ0v) is 9.74. The Kier molecular flexibility index (Phi) is 3.30. The highest BCUT2D eigenvalue weighted by molar-refractivity contribution is 5.53. The minimum Gasteiger partial charge on any atom is -0.457 e. The zero-order chi connectivity index (χ0) is 13.8. The SMILES string of the molecule is N#Cc1ccc(Oc2ccc(N)cc2)cc1[N+](=O)[O-]. The molecule has 2 N–H and O–H groups in total. The number of nitriles is 1. The van der Waals surface area contributed by atoms with Crippen molar-refractivity contribution in [3.63, 3.8) is 0 Å². The molecule has 0 saturated carbocycles. The molecule has 6 nitrogen and oxygen atoms in total. The van der Waals surface area contributed by atoms with E-state index in [2.05, 4.69) is 0 Å². The minimum absolute atomic E-state index is 0.00495. The third kappa shape index (κ3) is 2.79. The quantitative estimate of drug-likeness (QED) is 0.516. The fraction of sp³-hybridized carbons (Fsp3) is 0. The van der Waals surface area contributed by atoms with E-state index in [9.17, 15) is 10.1 Å². The Labute approximate surface area is 108 Å². The van der Waals surface area contributed by atoms with E-state index < -0.39 is 4.92 Å². The third-order valence-corrected chi connectivity index (χ3v) is 2.40. The smallest absolute Gasteiger partial charge is 0.290 e. The van der Waals surface area contributed by atoms with Gasteiger partial charge >= 0.3 is 0 Å². The van der Waals surface area contributed by atoms with Gasteiger partial charge in [0.25, 0.3) is 5.69 Å². The summed E-state index contributed by atoms with van der Waals surface area (Å²) in [5, 5.41) is 19.6. The number of hydrogen-bond acceptors (Lipinski definition) is 5. The molecule has 0 saturated heterocycles. The molecule has 0 aliphatic rings. The molecule has 0 spiro atoms. The van der Waals surface area contributed by atoms with Crippen LogP contribution in [0, 0.1) is 21.4 Å². The number of ether oxygens (including phenoxy) is 1. The number of nitrogen functional groups attached to an aromatic ring is 1. The first kappa shape index (κ1) is 12.4. The molecule has 2 aromatic carbocycles. The Balaban J connectivity index is 2.31. The van der Waals surface area contributed by atoms with E-state index in [-0.39, 0.29) is 17.0 Å². The van der Waals surface area contributed by atoms with Crippen LogP contribution in [0.3, 0.4) is 0 Å². The van der Waals surface area contributed by atoms with E-state index in [0.29, 0.717) is 11.4 Å². The van der Waals surface area contributed by atoms with Crippen LogP contribution < -0.4 is 10.5 Å². The molecule has 0 heterocycles. The van der Waals surface area contributed by atoms with Gasteiger partial charge in [0.1, 0.15) is 23.1 Å². The van der Waals surface area contributed by atoms with Crippen LogP contribution in [0.2, 0.25) is 0 Å². The van der Waals surface area contributed by atoms with E-state index in [4.69, 9.17) is 15.7 Å². The van der Waals surface area contributed by atoms with Crippen molar-refractivity contribution in [2.24, 2.45) is 0 Å². The summed E-state index contributed by atoms with van der Waals surface area (Å²) >= 11 is 0. The lowest BCUT2D eigenvalue weighted by atomic mass is 10.2. The summed E-state index contributed by atoms with van der Waals surface area (Å²) in [7, 11) is 0. The Morgan fingerprint density at radius 3 is 2.37 bits per heavy atom. The largest absolute Gasteiger partial charge is 0.457 e. The summed E-state index contributed by atoms with van der Waals surface area (Å²) in [6.45, 7) is 0. The standard InChI is InChI=1S/C13H9N3O3/c14-8-9-1-4-12(7-13(9)16(17)18)19-11-5-2-10(15)3-6-11/h1-7H,15H2. The van der Waals surface area contributed by atoms with Gasteiger partial charge in [-0.05, 0) is 36.4 Å². The lowest BCUT2D eigenvalue weighted by molar-refractivity contribution is -0.385. The first-order valence-corrected chi connectivity index (χ1v) is 5.32. The number of rotatable bonds is 3. The molecule has 0 atom stereocenters. The predicted molar refractivity (Wildman–Crippen MR) is 68.7 cm³/mol. The molecule has 0 aromatic heterocycles. The molecular weight excluding hydrogens is 246 g/mol. The summed E-state index contributed by atoms with van der Waals surface area (Å²) in [6, 6.07) is 12.5. The number of nitrogens with two attached hydrogens (primary N) is 1. The molecule has 0 radical (unpaired) electrons. The zero-order valence-electron chi connectivity index (χ0n) is 9.74. The molecule has 0 fully saturated rings. The fourth-order valence-electron chi connectivity index (χ4n) is 1.49. The molecule has 0 aliphatic carbocycles. The normalized spacial score (nSPS) is 9.63. The molecule has 19 heavy (non-hydrogen) atoms. The van der Waals surface area contributed by atoms with Gasteiger partial charge < -0.3 is 10.5 Å². The van der Waals surface area contributed by atoms with Crippen LogP contribution in [0.4, 0.5) is 11.4 Å². The van der Waals surface area contributed by atoms with E-state index in [1.807, 2.05) is 0 Å². The van der Waals surface area contributed by atoms with Crippen LogP contribution in [-0.2, 0) is 0 Å². The van der Waals surface area contributed by atoms with Crippen molar-refractivity contribution in [2.75, 3.05) is 5.73 Å². The van der Waals surface area contributed by atoms with Crippen LogP contribution in [0.1, 0.15) is 5.56 Å². The Morgan fingerprint density at radius 1 is 1.16 bits per heavy atom. The molecule has 0 aliphatic heterocycles. The maximum absolute atomic E-state index is 10.8. The van der Waals surface area contributed by atoms with Gasteiger partial charge in [0.2, 0.25) is 0 Å².